The van der Waals surface area contributed by atoms with Crippen molar-refractivity contribution in [1.29, 1.82) is 0 Å². The third-order valence-corrected chi connectivity index (χ3v) is 4.22. The molecule has 142 valence electrons. The van der Waals surface area contributed by atoms with Gasteiger partial charge < -0.3 is 15.4 Å². The first-order chi connectivity index (χ1) is 12.6. The Morgan fingerprint density at radius 3 is 2.70 bits per heavy atom. The first-order valence-electron chi connectivity index (χ1n) is 7.88. The lowest BCUT2D eigenvalue weighted by atomic mass is 10.1. The van der Waals surface area contributed by atoms with Gasteiger partial charge in [0, 0.05) is 0 Å². The van der Waals surface area contributed by atoms with Gasteiger partial charge in [0.25, 0.3) is 5.91 Å². The summed E-state index contributed by atoms with van der Waals surface area (Å²) in [6.45, 7) is 1.85. The third kappa shape index (κ3) is 4.33. The fourth-order valence-corrected chi connectivity index (χ4v) is 2.73. The number of halogens is 4. The average molecular weight is 399 g/mol. The zero-order chi connectivity index (χ0) is 19.8. The lowest BCUT2D eigenvalue weighted by molar-refractivity contribution is -0.137. The van der Waals surface area contributed by atoms with Gasteiger partial charge in [0.05, 0.1) is 28.4 Å². The molecular formula is C18H14ClF3N2O3. The molecule has 5 nitrogen and oxygen atoms in total. The number of amides is 2. The van der Waals surface area contributed by atoms with Gasteiger partial charge in [-0.05, 0) is 42.8 Å². The van der Waals surface area contributed by atoms with Gasteiger partial charge in [0.2, 0.25) is 5.91 Å². The second kappa shape index (κ2) is 7.11. The summed E-state index contributed by atoms with van der Waals surface area (Å²) in [5, 5.41) is 4.88. The number of ether oxygens (including phenoxy) is 1. The van der Waals surface area contributed by atoms with Crippen molar-refractivity contribution < 1.29 is 27.5 Å². The Kier molecular flexibility index (Phi) is 5.01. The molecule has 0 aromatic heterocycles. The number of rotatable bonds is 3. The number of benzene rings is 2. The Bertz CT molecular complexity index is 915. The van der Waals surface area contributed by atoms with Crippen molar-refractivity contribution >= 4 is 34.8 Å². The molecule has 2 amide bonds. The van der Waals surface area contributed by atoms with E-state index in [4.69, 9.17) is 16.3 Å². The van der Waals surface area contributed by atoms with Crippen LogP contribution in [0.3, 0.4) is 0 Å². The maximum Gasteiger partial charge on any atom is 0.416 e. The fraction of sp³-hybridized carbons (Fsp3) is 0.222. The number of fused-ring (bicyclic) bond motifs is 1. The summed E-state index contributed by atoms with van der Waals surface area (Å²) in [5.41, 5.74) is 0.285. The van der Waals surface area contributed by atoms with Gasteiger partial charge in [-0.2, -0.15) is 13.2 Å². The molecule has 1 heterocycles. The molecule has 2 aromatic carbocycles. The fourth-order valence-electron chi connectivity index (χ4n) is 2.57. The normalized spacial score (nSPS) is 16.2. The van der Waals surface area contributed by atoms with Crippen LogP contribution in [0.4, 0.5) is 24.5 Å². The van der Waals surface area contributed by atoms with E-state index >= 15 is 0 Å². The highest BCUT2D eigenvalue weighted by Crippen LogP contribution is 2.34. The Morgan fingerprint density at radius 1 is 1.26 bits per heavy atom. The molecule has 1 aliphatic rings. The van der Waals surface area contributed by atoms with Crippen LogP contribution >= 0.6 is 11.6 Å². The van der Waals surface area contributed by atoms with E-state index in [0.29, 0.717) is 11.4 Å². The monoisotopic (exact) mass is 398 g/mol. The van der Waals surface area contributed by atoms with Crippen molar-refractivity contribution in [1.82, 2.24) is 0 Å². The van der Waals surface area contributed by atoms with Crippen LogP contribution in [0.5, 0.6) is 5.75 Å². The standard InChI is InChI=1S/C18H14ClF3N2O3/c1-9-2-5-14-13(6-9)24-17(26)15(27-14)8-16(25)23-12-7-10(18(20,21)22)3-4-11(12)19/h2-7,15H,8H2,1H3,(H,23,25)(H,24,26)/t15-/m1/s1. The van der Waals surface area contributed by atoms with Gasteiger partial charge in [-0.3, -0.25) is 9.59 Å². The molecule has 27 heavy (non-hydrogen) atoms. The predicted octanol–water partition coefficient (Wildman–Crippen LogP) is 4.40. The summed E-state index contributed by atoms with van der Waals surface area (Å²) in [7, 11) is 0. The molecule has 0 radical (unpaired) electrons. The molecule has 0 spiro atoms. The van der Waals surface area contributed by atoms with Crippen molar-refractivity contribution in [2.45, 2.75) is 25.6 Å². The first kappa shape index (κ1) is 19.0. The molecule has 0 saturated heterocycles. The summed E-state index contributed by atoms with van der Waals surface area (Å²) < 4.78 is 43.9. The highest BCUT2D eigenvalue weighted by Gasteiger charge is 2.32. The molecule has 2 N–H and O–H groups in total. The number of alkyl halides is 3. The van der Waals surface area contributed by atoms with Gasteiger partial charge >= 0.3 is 6.18 Å². The van der Waals surface area contributed by atoms with Crippen LogP contribution in [0.25, 0.3) is 0 Å². The number of aryl methyl sites for hydroxylation is 1. The van der Waals surface area contributed by atoms with Crippen molar-refractivity contribution in [2.24, 2.45) is 0 Å². The minimum atomic E-state index is -4.57. The highest BCUT2D eigenvalue weighted by atomic mass is 35.5. The van der Waals surface area contributed by atoms with Gasteiger partial charge in [-0.1, -0.05) is 17.7 Å². The maximum absolute atomic E-state index is 12.8. The van der Waals surface area contributed by atoms with Crippen molar-refractivity contribution in [3.63, 3.8) is 0 Å². The van der Waals surface area contributed by atoms with Crippen molar-refractivity contribution in [2.75, 3.05) is 10.6 Å². The third-order valence-electron chi connectivity index (χ3n) is 3.89. The molecule has 0 saturated carbocycles. The summed E-state index contributed by atoms with van der Waals surface area (Å²) in [6, 6.07) is 7.78. The van der Waals surface area contributed by atoms with E-state index in [1.54, 1.807) is 18.2 Å². The summed E-state index contributed by atoms with van der Waals surface area (Å²) >= 11 is 5.85. The van der Waals surface area contributed by atoms with Crippen LogP contribution in [-0.2, 0) is 15.8 Å². The summed E-state index contributed by atoms with van der Waals surface area (Å²) in [5.74, 6) is -0.805. The van der Waals surface area contributed by atoms with E-state index in [-0.39, 0.29) is 17.1 Å². The molecular weight excluding hydrogens is 385 g/mol. The minimum absolute atomic E-state index is 0.0498. The van der Waals surface area contributed by atoms with Crippen LogP contribution in [0.15, 0.2) is 36.4 Å². The van der Waals surface area contributed by atoms with Crippen LogP contribution in [0, 0.1) is 6.92 Å². The lowest BCUT2D eigenvalue weighted by Gasteiger charge is -2.25. The SMILES string of the molecule is Cc1ccc2c(c1)NC(=O)[C@@H](CC(=O)Nc1cc(C(F)(F)F)ccc1Cl)O2. The van der Waals surface area contributed by atoms with E-state index in [0.717, 1.165) is 23.8 Å². The van der Waals surface area contributed by atoms with E-state index in [2.05, 4.69) is 10.6 Å². The molecule has 0 unspecified atom stereocenters. The largest absolute Gasteiger partial charge is 0.478 e. The van der Waals surface area contributed by atoms with Crippen LogP contribution < -0.4 is 15.4 Å². The molecule has 0 fully saturated rings. The number of carbonyl (C=O) groups is 2. The number of hydrogen-bond acceptors (Lipinski definition) is 3. The second-order valence-electron chi connectivity index (χ2n) is 6.04. The molecule has 0 bridgehead atoms. The van der Waals surface area contributed by atoms with E-state index in [1.165, 1.54) is 0 Å². The lowest BCUT2D eigenvalue weighted by Crippen LogP contribution is -2.39. The van der Waals surface area contributed by atoms with Crippen molar-refractivity contribution in [3.8, 4) is 5.75 Å². The van der Waals surface area contributed by atoms with E-state index in [1.807, 2.05) is 6.92 Å². The predicted molar refractivity (Wildman–Crippen MR) is 93.9 cm³/mol. The van der Waals surface area contributed by atoms with Gasteiger partial charge in [-0.15, -0.1) is 0 Å². The van der Waals surface area contributed by atoms with Gasteiger partial charge in [-0.25, -0.2) is 0 Å². The Morgan fingerprint density at radius 2 is 2.00 bits per heavy atom. The first-order valence-corrected chi connectivity index (χ1v) is 8.26. The molecule has 1 atom stereocenters. The van der Waals surface area contributed by atoms with Gasteiger partial charge in [0.1, 0.15) is 5.75 Å². The Balaban J connectivity index is 1.71. The Labute approximate surface area is 157 Å². The molecule has 1 aliphatic heterocycles. The molecule has 0 aliphatic carbocycles. The quantitative estimate of drug-likeness (QED) is 0.805. The second-order valence-corrected chi connectivity index (χ2v) is 6.45. The Hall–Kier alpha value is -2.74. The summed E-state index contributed by atoms with van der Waals surface area (Å²) in [4.78, 5) is 24.3. The zero-order valence-electron chi connectivity index (χ0n) is 14.0. The number of carbonyl (C=O) groups excluding carboxylic acids is 2. The zero-order valence-corrected chi connectivity index (χ0v) is 14.7. The smallest absolute Gasteiger partial charge is 0.416 e. The number of hydrogen-bond donors (Lipinski definition) is 2. The molecule has 3 rings (SSSR count). The number of anilines is 2. The van der Waals surface area contributed by atoms with Crippen LogP contribution in [0.2, 0.25) is 5.02 Å². The maximum atomic E-state index is 12.8. The van der Waals surface area contributed by atoms with E-state index < -0.39 is 29.7 Å². The summed E-state index contributed by atoms with van der Waals surface area (Å²) in [6.07, 6.45) is -6.06. The number of nitrogens with one attached hydrogen (secondary N) is 2. The van der Waals surface area contributed by atoms with E-state index in [9.17, 15) is 22.8 Å². The molecule has 2 aromatic rings. The van der Waals surface area contributed by atoms with Crippen LogP contribution in [0.1, 0.15) is 17.5 Å². The average Bonchev–Trinajstić information content (AvgIpc) is 2.56. The van der Waals surface area contributed by atoms with Crippen molar-refractivity contribution in [3.05, 3.63) is 52.5 Å². The van der Waals surface area contributed by atoms with Gasteiger partial charge in [0.15, 0.2) is 6.10 Å². The molecule has 9 heteroatoms. The topological polar surface area (TPSA) is 67.4 Å². The highest BCUT2D eigenvalue weighted by molar-refractivity contribution is 6.33. The van der Waals surface area contributed by atoms with Crippen LogP contribution in [-0.4, -0.2) is 17.9 Å². The minimum Gasteiger partial charge on any atom is -0.478 e.